The van der Waals surface area contributed by atoms with Gasteiger partial charge in [-0.05, 0) is 25.5 Å². The molecule has 0 aliphatic heterocycles. The van der Waals surface area contributed by atoms with E-state index in [0.717, 1.165) is 37.5 Å². The predicted octanol–water partition coefficient (Wildman–Crippen LogP) is 3.09. The fourth-order valence-electron chi connectivity index (χ4n) is 2.59. The van der Waals surface area contributed by atoms with Gasteiger partial charge in [0.2, 0.25) is 0 Å². The molecular weight excluding hydrogens is 262 g/mol. The van der Waals surface area contributed by atoms with Crippen LogP contribution in [0.4, 0.5) is 0 Å². The lowest BCUT2D eigenvalue weighted by Gasteiger charge is -2.18. The summed E-state index contributed by atoms with van der Waals surface area (Å²) in [6, 6.07) is 10.7. The quantitative estimate of drug-likeness (QED) is 0.811. The summed E-state index contributed by atoms with van der Waals surface area (Å²) in [6.45, 7) is 5.77. The third kappa shape index (κ3) is 4.16. The first-order valence-corrected chi connectivity index (χ1v) is 7.57. The molecule has 1 atom stereocenters. The van der Waals surface area contributed by atoms with Crippen LogP contribution in [0.3, 0.4) is 0 Å². The summed E-state index contributed by atoms with van der Waals surface area (Å²) in [5, 5.41) is 3.58. The van der Waals surface area contributed by atoms with E-state index < -0.39 is 0 Å². The number of nitrogens with zero attached hydrogens (tertiary/aromatic N) is 2. The third-order valence-corrected chi connectivity index (χ3v) is 3.60. The zero-order chi connectivity index (χ0) is 15.1. The van der Waals surface area contributed by atoms with Crippen molar-refractivity contribution in [2.24, 2.45) is 0 Å². The molecule has 2 rings (SSSR count). The zero-order valence-electron chi connectivity index (χ0n) is 13.2. The smallest absolute Gasteiger partial charge is 0.110 e. The van der Waals surface area contributed by atoms with Crippen molar-refractivity contribution in [1.29, 1.82) is 0 Å². The number of aryl methyl sites for hydroxylation is 1. The Morgan fingerprint density at radius 1 is 1.29 bits per heavy atom. The van der Waals surface area contributed by atoms with E-state index in [2.05, 4.69) is 46.1 Å². The number of aromatic nitrogens is 2. The van der Waals surface area contributed by atoms with Crippen LogP contribution in [0.15, 0.2) is 36.5 Å². The van der Waals surface area contributed by atoms with Gasteiger partial charge in [0.1, 0.15) is 5.82 Å². The molecule has 0 fully saturated rings. The van der Waals surface area contributed by atoms with E-state index in [0.29, 0.717) is 6.04 Å². The average molecular weight is 287 g/mol. The van der Waals surface area contributed by atoms with Crippen LogP contribution >= 0.6 is 0 Å². The molecular formula is C17H25N3O. The lowest BCUT2D eigenvalue weighted by Crippen LogP contribution is -2.33. The van der Waals surface area contributed by atoms with Crippen LogP contribution < -0.4 is 5.32 Å². The van der Waals surface area contributed by atoms with Gasteiger partial charge in [0.25, 0.3) is 0 Å². The molecule has 0 radical (unpaired) electrons. The van der Waals surface area contributed by atoms with Crippen molar-refractivity contribution in [2.45, 2.75) is 39.3 Å². The van der Waals surface area contributed by atoms with Crippen molar-refractivity contribution in [3.05, 3.63) is 48.0 Å². The molecule has 1 aromatic carbocycles. The number of rotatable bonds is 8. The van der Waals surface area contributed by atoms with Crippen LogP contribution in [-0.4, -0.2) is 29.3 Å². The normalized spacial score (nSPS) is 12.5. The van der Waals surface area contributed by atoms with Gasteiger partial charge in [0, 0.05) is 25.4 Å². The summed E-state index contributed by atoms with van der Waals surface area (Å²) in [7, 11) is 1.75. The predicted molar refractivity (Wildman–Crippen MR) is 85.7 cm³/mol. The fourth-order valence-corrected chi connectivity index (χ4v) is 2.59. The van der Waals surface area contributed by atoms with Crippen LogP contribution in [0.5, 0.6) is 0 Å². The van der Waals surface area contributed by atoms with Crippen molar-refractivity contribution in [3.8, 4) is 5.69 Å². The summed E-state index contributed by atoms with van der Waals surface area (Å²) < 4.78 is 7.48. The van der Waals surface area contributed by atoms with Gasteiger partial charge in [0.05, 0.1) is 18.5 Å². The van der Waals surface area contributed by atoms with E-state index in [1.165, 1.54) is 5.69 Å². The van der Waals surface area contributed by atoms with Crippen molar-refractivity contribution >= 4 is 0 Å². The Bertz CT molecular complexity index is 530. The van der Waals surface area contributed by atoms with Crippen molar-refractivity contribution < 1.29 is 4.74 Å². The molecule has 0 aliphatic carbocycles. The molecule has 21 heavy (non-hydrogen) atoms. The maximum absolute atomic E-state index is 5.28. The first kappa shape index (κ1) is 15.7. The number of para-hydroxylation sites is 1. The Kier molecular flexibility index (Phi) is 5.96. The molecule has 2 aromatic rings. The van der Waals surface area contributed by atoms with Crippen LogP contribution in [0, 0.1) is 6.92 Å². The second kappa shape index (κ2) is 7.96. The number of benzene rings is 1. The Morgan fingerprint density at radius 3 is 2.71 bits per heavy atom. The summed E-state index contributed by atoms with van der Waals surface area (Å²) in [5.41, 5.74) is 2.33. The molecule has 0 aliphatic rings. The number of imidazole rings is 1. The molecule has 0 saturated carbocycles. The van der Waals surface area contributed by atoms with Crippen molar-refractivity contribution in [3.63, 3.8) is 0 Å². The van der Waals surface area contributed by atoms with Gasteiger partial charge in [-0.1, -0.05) is 31.5 Å². The highest BCUT2D eigenvalue weighted by atomic mass is 16.5. The summed E-state index contributed by atoms with van der Waals surface area (Å²) in [4.78, 5) is 4.45. The third-order valence-electron chi connectivity index (χ3n) is 3.60. The lowest BCUT2D eigenvalue weighted by atomic mass is 10.2. The SMILES string of the molecule is CCCC(COC)NCc1cnc(C)n1-c1ccccc1. The highest BCUT2D eigenvalue weighted by Crippen LogP contribution is 2.14. The maximum Gasteiger partial charge on any atom is 0.110 e. The second-order valence-electron chi connectivity index (χ2n) is 5.29. The Labute approximate surface area is 127 Å². The molecule has 114 valence electrons. The molecule has 0 saturated heterocycles. The Hall–Kier alpha value is -1.65. The van der Waals surface area contributed by atoms with E-state index in [4.69, 9.17) is 4.74 Å². The lowest BCUT2D eigenvalue weighted by molar-refractivity contribution is 0.161. The highest BCUT2D eigenvalue weighted by molar-refractivity contribution is 5.35. The van der Waals surface area contributed by atoms with Crippen molar-refractivity contribution in [1.82, 2.24) is 14.9 Å². The Morgan fingerprint density at radius 2 is 2.05 bits per heavy atom. The van der Waals surface area contributed by atoms with Crippen LogP contribution in [0.2, 0.25) is 0 Å². The first-order chi connectivity index (χ1) is 10.3. The van der Waals surface area contributed by atoms with E-state index in [1.807, 2.05) is 19.2 Å². The summed E-state index contributed by atoms with van der Waals surface area (Å²) in [5.74, 6) is 1.01. The summed E-state index contributed by atoms with van der Waals surface area (Å²) in [6.07, 6.45) is 4.22. The van der Waals surface area contributed by atoms with Crippen LogP contribution in [0.1, 0.15) is 31.3 Å². The minimum Gasteiger partial charge on any atom is -0.383 e. The fraction of sp³-hybridized carbons (Fsp3) is 0.471. The van der Waals surface area contributed by atoms with Gasteiger partial charge >= 0.3 is 0 Å². The number of ether oxygens (including phenoxy) is 1. The van der Waals surface area contributed by atoms with Crippen molar-refractivity contribution in [2.75, 3.05) is 13.7 Å². The minimum absolute atomic E-state index is 0.388. The van der Waals surface area contributed by atoms with Gasteiger partial charge in [-0.15, -0.1) is 0 Å². The molecule has 0 bridgehead atoms. The molecule has 1 unspecified atom stereocenters. The second-order valence-corrected chi connectivity index (χ2v) is 5.29. The van der Waals surface area contributed by atoms with E-state index >= 15 is 0 Å². The minimum atomic E-state index is 0.388. The molecule has 0 amide bonds. The van der Waals surface area contributed by atoms with Gasteiger partial charge in [-0.3, -0.25) is 4.57 Å². The molecule has 1 N–H and O–H groups in total. The van der Waals surface area contributed by atoms with Gasteiger partial charge < -0.3 is 10.1 Å². The number of hydrogen-bond donors (Lipinski definition) is 1. The van der Waals surface area contributed by atoms with E-state index in [1.54, 1.807) is 7.11 Å². The number of hydrogen-bond acceptors (Lipinski definition) is 3. The monoisotopic (exact) mass is 287 g/mol. The maximum atomic E-state index is 5.28. The molecule has 4 nitrogen and oxygen atoms in total. The zero-order valence-corrected chi connectivity index (χ0v) is 13.2. The van der Waals surface area contributed by atoms with Crippen LogP contribution in [0.25, 0.3) is 5.69 Å². The summed E-state index contributed by atoms with van der Waals surface area (Å²) >= 11 is 0. The molecule has 0 spiro atoms. The molecule has 1 aromatic heterocycles. The number of nitrogens with one attached hydrogen (secondary N) is 1. The van der Waals surface area contributed by atoms with Gasteiger partial charge in [-0.25, -0.2) is 4.98 Å². The average Bonchev–Trinajstić information content (AvgIpc) is 2.87. The molecule has 4 heteroatoms. The van der Waals surface area contributed by atoms with Crippen LogP contribution in [-0.2, 0) is 11.3 Å². The van der Waals surface area contributed by atoms with Gasteiger partial charge in [0.15, 0.2) is 0 Å². The first-order valence-electron chi connectivity index (χ1n) is 7.57. The molecule has 1 heterocycles. The topological polar surface area (TPSA) is 39.1 Å². The number of methoxy groups -OCH3 is 1. The van der Waals surface area contributed by atoms with E-state index in [-0.39, 0.29) is 0 Å². The largest absolute Gasteiger partial charge is 0.383 e. The van der Waals surface area contributed by atoms with Gasteiger partial charge in [-0.2, -0.15) is 0 Å². The highest BCUT2D eigenvalue weighted by Gasteiger charge is 2.11. The van der Waals surface area contributed by atoms with E-state index in [9.17, 15) is 0 Å². The standard InChI is InChI=1S/C17H25N3O/c1-4-8-15(13-21-3)19-12-17-11-18-14(2)20(17)16-9-6-5-7-10-16/h5-7,9-11,15,19H,4,8,12-13H2,1-3H3. The Balaban J connectivity index is 2.11.